The Balaban J connectivity index is 1.88. The Morgan fingerprint density at radius 1 is 0.968 bits per heavy atom. The van der Waals surface area contributed by atoms with Gasteiger partial charge in [0.05, 0.1) is 22.0 Å². The first-order valence-corrected chi connectivity index (χ1v) is 11.8. The summed E-state index contributed by atoms with van der Waals surface area (Å²) in [7, 11) is -1.94. The maximum absolute atomic E-state index is 13.5. The molecule has 1 saturated heterocycles. The number of para-hydroxylation sites is 2. The number of anilines is 1. The minimum atomic E-state index is -3.98. The molecule has 1 aromatic heterocycles. The van der Waals surface area contributed by atoms with Crippen molar-refractivity contribution in [3.63, 3.8) is 0 Å². The van der Waals surface area contributed by atoms with Gasteiger partial charge in [0.1, 0.15) is 5.69 Å². The minimum absolute atomic E-state index is 0.126. The van der Waals surface area contributed by atoms with Crippen molar-refractivity contribution in [3.8, 4) is 6.07 Å². The molecule has 8 heteroatoms. The number of piperazine rings is 1. The molecular formula is C23H25N5O2S. The van der Waals surface area contributed by atoms with Gasteiger partial charge in [-0.1, -0.05) is 18.2 Å². The summed E-state index contributed by atoms with van der Waals surface area (Å²) in [6, 6.07) is 14.3. The third-order valence-electron chi connectivity index (χ3n) is 5.86. The lowest BCUT2D eigenvalue weighted by atomic mass is 10.1. The first-order valence-electron chi connectivity index (χ1n) is 10.2. The van der Waals surface area contributed by atoms with Crippen LogP contribution in [0.3, 0.4) is 0 Å². The maximum Gasteiger partial charge on any atom is 0.200 e. The fourth-order valence-electron chi connectivity index (χ4n) is 3.74. The summed E-state index contributed by atoms with van der Waals surface area (Å²) in [5.41, 5.74) is 3.31. The number of nitrogens with zero attached hydrogens (tertiary/aromatic N) is 5. The van der Waals surface area contributed by atoms with Crippen LogP contribution in [0.4, 0.5) is 5.82 Å². The second-order valence-corrected chi connectivity index (χ2v) is 10.0. The monoisotopic (exact) mass is 435 g/mol. The molecule has 1 fully saturated rings. The van der Waals surface area contributed by atoms with E-state index in [9.17, 15) is 13.7 Å². The molecule has 1 aliphatic heterocycles. The molecule has 0 amide bonds. The molecule has 0 saturated carbocycles. The number of aromatic nitrogens is 2. The highest BCUT2D eigenvalue weighted by Crippen LogP contribution is 2.34. The van der Waals surface area contributed by atoms with Crippen molar-refractivity contribution < 1.29 is 8.42 Å². The van der Waals surface area contributed by atoms with Gasteiger partial charge in [-0.15, -0.1) is 0 Å². The zero-order valence-corrected chi connectivity index (χ0v) is 18.7. The average molecular weight is 436 g/mol. The van der Waals surface area contributed by atoms with Gasteiger partial charge in [-0.3, -0.25) is 0 Å². The van der Waals surface area contributed by atoms with E-state index in [1.807, 2.05) is 50.1 Å². The Labute approximate surface area is 182 Å². The van der Waals surface area contributed by atoms with E-state index in [4.69, 9.17) is 4.98 Å². The number of benzene rings is 2. The lowest BCUT2D eigenvalue weighted by Gasteiger charge is -2.34. The van der Waals surface area contributed by atoms with E-state index in [-0.39, 0.29) is 10.6 Å². The predicted octanol–water partition coefficient (Wildman–Crippen LogP) is 3.04. The van der Waals surface area contributed by atoms with Crippen molar-refractivity contribution in [2.75, 3.05) is 38.1 Å². The first kappa shape index (κ1) is 21.2. The smallest absolute Gasteiger partial charge is 0.200 e. The van der Waals surface area contributed by atoms with Crippen LogP contribution in [-0.4, -0.2) is 56.5 Å². The summed E-state index contributed by atoms with van der Waals surface area (Å²) in [5.74, 6) is 0.478. The molecule has 160 valence electrons. The maximum atomic E-state index is 13.5. The van der Waals surface area contributed by atoms with Crippen molar-refractivity contribution in [1.29, 1.82) is 5.26 Å². The number of nitriles is 1. The molecule has 4 rings (SSSR count). The van der Waals surface area contributed by atoms with Crippen molar-refractivity contribution >= 4 is 26.7 Å². The summed E-state index contributed by atoms with van der Waals surface area (Å²) < 4.78 is 27.1. The van der Waals surface area contributed by atoms with Crippen LogP contribution in [0.5, 0.6) is 0 Å². The lowest BCUT2D eigenvalue weighted by molar-refractivity contribution is 0.312. The highest BCUT2D eigenvalue weighted by atomic mass is 32.2. The van der Waals surface area contributed by atoms with Gasteiger partial charge in [-0.25, -0.2) is 18.4 Å². The summed E-state index contributed by atoms with van der Waals surface area (Å²) in [6.45, 7) is 6.83. The van der Waals surface area contributed by atoms with Crippen LogP contribution in [0.15, 0.2) is 47.4 Å². The minimum Gasteiger partial charge on any atom is -0.352 e. The fraction of sp³-hybridized carbons (Fsp3) is 0.348. The van der Waals surface area contributed by atoms with Crippen LogP contribution < -0.4 is 4.90 Å². The van der Waals surface area contributed by atoms with Crippen LogP contribution in [0, 0.1) is 25.2 Å². The van der Waals surface area contributed by atoms with Crippen LogP contribution in [0.25, 0.3) is 11.0 Å². The van der Waals surface area contributed by atoms with Gasteiger partial charge in [0.25, 0.3) is 0 Å². The Bertz CT molecular complexity index is 1270. The molecule has 0 spiro atoms. The number of hydrogen-bond donors (Lipinski definition) is 0. The van der Waals surface area contributed by atoms with Gasteiger partial charge >= 0.3 is 0 Å². The molecule has 7 nitrogen and oxygen atoms in total. The predicted molar refractivity (Wildman–Crippen MR) is 121 cm³/mol. The molecule has 0 radical (unpaired) electrons. The molecule has 2 aromatic carbocycles. The van der Waals surface area contributed by atoms with Gasteiger partial charge in [-0.2, -0.15) is 5.26 Å². The Morgan fingerprint density at radius 3 is 2.23 bits per heavy atom. The average Bonchev–Trinajstić information content (AvgIpc) is 2.76. The van der Waals surface area contributed by atoms with E-state index in [1.165, 1.54) is 0 Å². The van der Waals surface area contributed by atoms with E-state index in [1.54, 1.807) is 24.3 Å². The summed E-state index contributed by atoms with van der Waals surface area (Å²) in [4.78, 5) is 13.8. The van der Waals surface area contributed by atoms with E-state index in [0.717, 1.165) is 24.2 Å². The zero-order valence-electron chi connectivity index (χ0n) is 17.9. The highest BCUT2D eigenvalue weighted by molar-refractivity contribution is 7.92. The molecular weight excluding hydrogens is 410 g/mol. The van der Waals surface area contributed by atoms with Crippen LogP contribution in [0.1, 0.15) is 22.1 Å². The largest absolute Gasteiger partial charge is 0.352 e. The Kier molecular flexibility index (Phi) is 5.65. The van der Waals surface area contributed by atoms with E-state index >= 15 is 0 Å². The fourth-order valence-corrected chi connectivity index (χ4v) is 5.20. The standard InChI is InChI=1S/C23H25N5O2S/c1-16-8-9-18(14-17(16)2)31(29,30)21(15-24)22-23(28-12-10-27(3)11-13-28)26-20-7-5-4-6-19(20)25-22/h4-9,14,21H,10-13H2,1-3H3/t21-/m0/s1. The second-order valence-electron chi connectivity index (χ2n) is 8.01. The van der Waals surface area contributed by atoms with Crippen molar-refractivity contribution in [3.05, 3.63) is 59.3 Å². The zero-order chi connectivity index (χ0) is 22.2. The molecule has 0 unspecified atom stereocenters. The van der Waals surface area contributed by atoms with Crippen LogP contribution >= 0.6 is 0 Å². The Morgan fingerprint density at radius 2 is 1.61 bits per heavy atom. The van der Waals surface area contributed by atoms with E-state index in [2.05, 4.69) is 9.88 Å². The molecule has 0 N–H and O–H groups in total. The van der Waals surface area contributed by atoms with Gasteiger partial charge in [0.15, 0.2) is 11.1 Å². The topological polar surface area (TPSA) is 90.2 Å². The number of rotatable bonds is 4. The Hall–Kier alpha value is -3.02. The van der Waals surface area contributed by atoms with Crippen molar-refractivity contribution in [2.24, 2.45) is 0 Å². The number of likely N-dealkylation sites (N-methyl/N-ethyl adjacent to an activating group) is 1. The van der Waals surface area contributed by atoms with Crippen LogP contribution in [0.2, 0.25) is 0 Å². The van der Waals surface area contributed by atoms with Gasteiger partial charge in [0, 0.05) is 26.2 Å². The normalized spacial score (nSPS) is 16.3. The molecule has 31 heavy (non-hydrogen) atoms. The second kappa shape index (κ2) is 8.25. The van der Waals surface area contributed by atoms with Crippen LogP contribution in [-0.2, 0) is 9.84 Å². The lowest BCUT2D eigenvalue weighted by Crippen LogP contribution is -2.45. The third kappa shape index (κ3) is 3.99. The molecule has 1 aliphatic rings. The summed E-state index contributed by atoms with van der Waals surface area (Å²) >= 11 is 0. The highest BCUT2D eigenvalue weighted by Gasteiger charge is 2.35. The van der Waals surface area contributed by atoms with E-state index in [0.29, 0.717) is 29.9 Å². The summed E-state index contributed by atoms with van der Waals surface area (Å²) in [5, 5.41) is 8.57. The van der Waals surface area contributed by atoms with Gasteiger partial charge < -0.3 is 9.80 Å². The van der Waals surface area contributed by atoms with Crippen molar-refractivity contribution in [1.82, 2.24) is 14.9 Å². The molecule has 0 bridgehead atoms. The SMILES string of the molecule is Cc1ccc(S(=O)(=O)[C@@H](C#N)c2nc3ccccc3nc2N2CCN(C)CC2)cc1C. The van der Waals surface area contributed by atoms with Crippen molar-refractivity contribution in [2.45, 2.75) is 24.0 Å². The van der Waals surface area contributed by atoms with Gasteiger partial charge in [-0.05, 0) is 56.3 Å². The number of hydrogen-bond acceptors (Lipinski definition) is 7. The number of fused-ring (bicyclic) bond motifs is 1. The van der Waals surface area contributed by atoms with E-state index < -0.39 is 15.1 Å². The molecule has 2 heterocycles. The van der Waals surface area contributed by atoms with Gasteiger partial charge in [0.2, 0.25) is 9.84 Å². The number of sulfone groups is 1. The third-order valence-corrected chi connectivity index (χ3v) is 7.72. The first-order chi connectivity index (χ1) is 14.8. The number of aryl methyl sites for hydroxylation is 2. The molecule has 0 aliphatic carbocycles. The quantitative estimate of drug-likeness (QED) is 0.622. The molecule has 1 atom stereocenters. The molecule has 3 aromatic rings. The summed E-state index contributed by atoms with van der Waals surface area (Å²) in [6.07, 6.45) is 0.